The summed E-state index contributed by atoms with van der Waals surface area (Å²) in [5.74, 6) is 0.617. The number of hydrogen-bond acceptors (Lipinski definition) is 5. The molecule has 0 spiro atoms. The van der Waals surface area contributed by atoms with Gasteiger partial charge in [0.2, 0.25) is 15.9 Å². The van der Waals surface area contributed by atoms with Crippen molar-refractivity contribution in [2.75, 3.05) is 17.3 Å². The van der Waals surface area contributed by atoms with Crippen LogP contribution in [0.5, 0.6) is 0 Å². The van der Waals surface area contributed by atoms with Crippen LogP contribution >= 0.6 is 11.8 Å². The number of nitrogens with one attached hydrogen (secondary N) is 2. The Bertz CT molecular complexity index is 835. The average Bonchev–Trinajstić information content (AvgIpc) is 2.61. The molecule has 0 fully saturated rings. The van der Waals surface area contributed by atoms with Gasteiger partial charge in [-0.1, -0.05) is 23.8 Å². The van der Waals surface area contributed by atoms with Crippen molar-refractivity contribution in [1.29, 1.82) is 0 Å². The van der Waals surface area contributed by atoms with Crippen LogP contribution in [0.25, 0.3) is 0 Å². The van der Waals surface area contributed by atoms with Gasteiger partial charge in [0.05, 0.1) is 4.90 Å². The normalized spacial score (nSPS) is 12.6. The summed E-state index contributed by atoms with van der Waals surface area (Å²) in [5, 5.41) is 2.68. The van der Waals surface area contributed by atoms with Gasteiger partial charge in [-0.05, 0) is 56.0 Å². The van der Waals surface area contributed by atoms with E-state index in [9.17, 15) is 13.2 Å². The van der Waals surface area contributed by atoms with Gasteiger partial charge in [0, 0.05) is 6.20 Å². The van der Waals surface area contributed by atoms with Gasteiger partial charge < -0.3 is 5.32 Å². The van der Waals surface area contributed by atoms with Crippen molar-refractivity contribution in [2.24, 2.45) is 0 Å². The van der Waals surface area contributed by atoms with Crippen LogP contribution in [0, 0.1) is 13.8 Å². The Morgan fingerprint density at radius 1 is 1.12 bits per heavy atom. The molecule has 1 amide bonds. The molecule has 140 valence electrons. The molecule has 0 radical (unpaired) electrons. The molecule has 1 atom stereocenters. The minimum absolute atomic E-state index is 0.138. The number of pyridine rings is 1. The van der Waals surface area contributed by atoms with E-state index < -0.39 is 22.0 Å². The van der Waals surface area contributed by atoms with Crippen molar-refractivity contribution in [2.45, 2.75) is 31.2 Å². The lowest BCUT2D eigenvalue weighted by Gasteiger charge is -2.18. The third-order valence-electron chi connectivity index (χ3n) is 3.72. The zero-order valence-corrected chi connectivity index (χ0v) is 16.7. The molecule has 0 saturated carbocycles. The number of aryl methyl sites for hydroxylation is 2. The van der Waals surface area contributed by atoms with Crippen LogP contribution in [0.15, 0.2) is 47.5 Å². The zero-order valence-electron chi connectivity index (χ0n) is 15.0. The molecule has 2 aromatic rings. The average molecular weight is 394 g/mol. The Morgan fingerprint density at radius 2 is 1.77 bits per heavy atom. The predicted octanol–water partition coefficient (Wildman–Crippen LogP) is 2.74. The summed E-state index contributed by atoms with van der Waals surface area (Å²) < 4.78 is 27.7. The molecule has 8 heteroatoms. The maximum absolute atomic E-state index is 12.6. The Hall–Kier alpha value is -1.90. The third-order valence-corrected chi connectivity index (χ3v) is 5.85. The van der Waals surface area contributed by atoms with E-state index in [1.165, 1.54) is 12.1 Å². The van der Waals surface area contributed by atoms with Gasteiger partial charge in [-0.3, -0.25) is 4.79 Å². The minimum Gasteiger partial charge on any atom is -0.309 e. The van der Waals surface area contributed by atoms with Crippen LogP contribution in [-0.4, -0.2) is 37.4 Å². The van der Waals surface area contributed by atoms with Crippen LogP contribution < -0.4 is 10.0 Å². The number of amides is 1. The molecular weight excluding hydrogens is 370 g/mol. The lowest BCUT2D eigenvalue weighted by Crippen LogP contribution is -2.44. The van der Waals surface area contributed by atoms with Crippen molar-refractivity contribution < 1.29 is 13.2 Å². The summed E-state index contributed by atoms with van der Waals surface area (Å²) >= 11 is 1.55. The molecule has 26 heavy (non-hydrogen) atoms. The fraction of sp³-hybridized carbons (Fsp3) is 0.333. The first-order chi connectivity index (χ1) is 12.3. The minimum atomic E-state index is -3.79. The first-order valence-electron chi connectivity index (χ1n) is 8.13. The largest absolute Gasteiger partial charge is 0.309 e. The van der Waals surface area contributed by atoms with Gasteiger partial charge in [0.1, 0.15) is 11.9 Å². The standard InChI is InChI=1S/C18H23N3O3S2/c1-13-4-7-15(8-5-13)26(23,24)21-16(10-11-25-3)18(22)20-17-9-6-14(2)12-19-17/h4-9,12,16,21H,10-11H2,1-3H3,(H,19,20,22)/t16-/m1/s1. The van der Waals surface area contributed by atoms with E-state index in [4.69, 9.17) is 0 Å². The Kier molecular flexibility index (Phi) is 7.19. The van der Waals surface area contributed by atoms with Crippen molar-refractivity contribution in [1.82, 2.24) is 9.71 Å². The second kappa shape index (κ2) is 9.16. The summed E-state index contributed by atoms with van der Waals surface area (Å²) in [6.45, 7) is 3.78. The second-order valence-corrected chi connectivity index (χ2v) is 8.68. The molecule has 0 saturated heterocycles. The summed E-state index contributed by atoms with van der Waals surface area (Å²) in [4.78, 5) is 16.8. The van der Waals surface area contributed by atoms with Gasteiger partial charge in [0.25, 0.3) is 0 Å². The molecule has 0 aliphatic heterocycles. The van der Waals surface area contributed by atoms with Gasteiger partial charge in [-0.25, -0.2) is 13.4 Å². The molecule has 2 N–H and O–H groups in total. The quantitative estimate of drug-likeness (QED) is 0.720. The van der Waals surface area contributed by atoms with Gasteiger partial charge in [-0.15, -0.1) is 0 Å². The Balaban J connectivity index is 2.16. The van der Waals surface area contributed by atoms with Crippen LogP contribution in [-0.2, 0) is 14.8 Å². The highest BCUT2D eigenvalue weighted by Crippen LogP contribution is 2.13. The van der Waals surface area contributed by atoms with Gasteiger partial charge in [-0.2, -0.15) is 16.5 Å². The van der Waals surface area contributed by atoms with E-state index in [-0.39, 0.29) is 4.90 Å². The summed E-state index contributed by atoms with van der Waals surface area (Å²) in [6, 6.07) is 9.15. The summed E-state index contributed by atoms with van der Waals surface area (Å²) in [6.07, 6.45) is 3.93. The number of rotatable bonds is 8. The molecule has 6 nitrogen and oxygen atoms in total. The molecule has 2 rings (SSSR count). The van der Waals surface area contributed by atoms with E-state index >= 15 is 0 Å². The number of carbonyl (C=O) groups is 1. The number of sulfonamides is 1. The molecule has 1 aromatic heterocycles. The van der Waals surface area contributed by atoms with Crippen LogP contribution in [0.4, 0.5) is 5.82 Å². The van der Waals surface area contributed by atoms with Gasteiger partial charge in [0.15, 0.2) is 0 Å². The molecule has 1 aromatic carbocycles. The van der Waals surface area contributed by atoms with Crippen molar-refractivity contribution in [3.8, 4) is 0 Å². The first-order valence-corrected chi connectivity index (χ1v) is 11.0. The second-order valence-electron chi connectivity index (χ2n) is 5.98. The highest BCUT2D eigenvalue weighted by atomic mass is 32.2. The maximum Gasteiger partial charge on any atom is 0.243 e. The highest BCUT2D eigenvalue weighted by Gasteiger charge is 2.25. The number of nitrogens with zero attached hydrogens (tertiary/aromatic N) is 1. The van der Waals surface area contributed by atoms with Crippen LogP contribution in [0.1, 0.15) is 17.5 Å². The lowest BCUT2D eigenvalue weighted by molar-refractivity contribution is -0.117. The number of aromatic nitrogens is 1. The monoisotopic (exact) mass is 393 g/mol. The third kappa shape index (κ3) is 5.82. The summed E-state index contributed by atoms with van der Waals surface area (Å²) in [7, 11) is -3.79. The van der Waals surface area contributed by atoms with E-state index in [1.807, 2.05) is 26.2 Å². The molecule has 0 unspecified atom stereocenters. The highest BCUT2D eigenvalue weighted by molar-refractivity contribution is 7.98. The van der Waals surface area contributed by atoms with Crippen molar-refractivity contribution >= 4 is 33.5 Å². The molecule has 0 bridgehead atoms. The van der Waals surface area contributed by atoms with Crippen LogP contribution in [0.2, 0.25) is 0 Å². The van der Waals surface area contributed by atoms with Crippen molar-refractivity contribution in [3.05, 3.63) is 53.7 Å². The topological polar surface area (TPSA) is 88.2 Å². The van der Waals surface area contributed by atoms with E-state index in [2.05, 4.69) is 15.0 Å². The molecular formula is C18H23N3O3S2. The number of thioether (sulfide) groups is 1. The molecule has 0 aliphatic carbocycles. The molecule has 0 aliphatic rings. The fourth-order valence-corrected chi connectivity index (χ4v) is 3.91. The van der Waals surface area contributed by atoms with Crippen LogP contribution in [0.3, 0.4) is 0 Å². The van der Waals surface area contributed by atoms with Gasteiger partial charge >= 0.3 is 0 Å². The number of hydrogen-bond donors (Lipinski definition) is 2. The number of carbonyl (C=O) groups excluding carboxylic acids is 1. The Labute approximate surface area is 158 Å². The van der Waals surface area contributed by atoms with E-state index in [0.717, 1.165) is 11.1 Å². The van der Waals surface area contributed by atoms with E-state index in [0.29, 0.717) is 18.0 Å². The maximum atomic E-state index is 12.6. The number of benzene rings is 1. The zero-order chi connectivity index (χ0) is 19.2. The SMILES string of the molecule is CSCC[C@@H](NS(=O)(=O)c1ccc(C)cc1)C(=O)Nc1ccc(C)cn1. The summed E-state index contributed by atoms with van der Waals surface area (Å²) in [5.41, 5.74) is 1.94. The molecule has 1 heterocycles. The fourth-order valence-electron chi connectivity index (χ4n) is 2.21. The number of anilines is 1. The Morgan fingerprint density at radius 3 is 2.35 bits per heavy atom. The lowest BCUT2D eigenvalue weighted by atomic mass is 10.2. The first kappa shape index (κ1) is 20.4. The van der Waals surface area contributed by atoms with Crippen molar-refractivity contribution in [3.63, 3.8) is 0 Å². The van der Waals surface area contributed by atoms with E-state index in [1.54, 1.807) is 36.2 Å². The smallest absolute Gasteiger partial charge is 0.243 e. The predicted molar refractivity (Wildman–Crippen MR) is 106 cm³/mol.